The number of rotatable bonds is 3. The number of benzene rings is 3. The molecule has 0 radical (unpaired) electrons. The van der Waals surface area contributed by atoms with Crippen molar-refractivity contribution in [3.63, 3.8) is 0 Å². The van der Waals surface area contributed by atoms with Gasteiger partial charge in [-0.15, -0.1) is 22.7 Å². The van der Waals surface area contributed by atoms with Crippen molar-refractivity contribution < 1.29 is 4.74 Å². The molecule has 0 aliphatic heterocycles. The first kappa shape index (κ1) is 19.2. The van der Waals surface area contributed by atoms with Crippen LogP contribution in [0.3, 0.4) is 0 Å². The normalized spacial score (nSPS) is 10.6. The Bertz CT molecular complexity index is 1140. The average Bonchev–Trinajstić information content (AvgIpc) is 3.35. The van der Waals surface area contributed by atoms with Gasteiger partial charge in [0.1, 0.15) is 5.75 Å². The van der Waals surface area contributed by atoms with Gasteiger partial charge in [-0.05, 0) is 58.6 Å². The van der Waals surface area contributed by atoms with Gasteiger partial charge in [-0.1, -0.05) is 52.3 Å². The Balaban J connectivity index is 0.000000177. The van der Waals surface area contributed by atoms with Gasteiger partial charge in [0.05, 0.1) is 7.11 Å². The van der Waals surface area contributed by atoms with Crippen LogP contribution in [0.1, 0.15) is 10.4 Å². The third-order valence-corrected chi connectivity index (χ3v) is 6.95. The lowest BCUT2D eigenvalue weighted by atomic mass is 10.1. The molecular weight excluding hydrogens is 448 g/mol. The van der Waals surface area contributed by atoms with E-state index < -0.39 is 0 Å². The zero-order valence-electron chi connectivity index (χ0n) is 15.4. The van der Waals surface area contributed by atoms with Crippen molar-refractivity contribution >= 4 is 58.8 Å². The van der Waals surface area contributed by atoms with E-state index in [9.17, 15) is 0 Å². The Kier molecular flexibility index (Phi) is 6.10. The summed E-state index contributed by atoms with van der Waals surface area (Å²) >= 11 is 7.15. The van der Waals surface area contributed by atoms with Crippen molar-refractivity contribution in [3.05, 3.63) is 99.2 Å². The van der Waals surface area contributed by atoms with Crippen molar-refractivity contribution in [2.45, 2.75) is 6.42 Å². The molecule has 0 atom stereocenters. The van der Waals surface area contributed by atoms with Crippen LogP contribution in [-0.2, 0) is 6.42 Å². The quantitative estimate of drug-likeness (QED) is 0.260. The van der Waals surface area contributed by atoms with E-state index in [4.69, 9.17) is 4.74 Å². The van der Waals surface area contributed by atoms with Crippen LogP contribution in [0.5, 0.6) is 5.75 Å². The van der Waals surface area contributed by atoms with Crippen LogP contribution in [0.4, 0.5) is 0 Å². The van der Waals surface area contributed by atoms with Crippen molar-refractivity contribution in [1.82, 2.24) is 0 Å². The minimum atomic E-state index is 0.905. The van der Waals surface area contributed by atoms with Crippen LogP contribution in [0.25, 0.3) is 20.2 Å². The van der Waals surface area contributed by atoms with Crippen LogP contribution in [-0.4, -0.2) is 7.11 Å². The van der Waals surface area contributed by atoms with E-state index in [0.717, 1.165) is 16.6 Å². The summed E-state index contributed by atoms with van der Waals surface area (Å²) in [6.07, 6.45) is 0.905. The average molecular weight is 467 g/mol. The summed E-state index contributed by atoms with van der Waals surface area (Å²) in [6.45, 7) is 0. The molecule has 0 N–H and O–H groups in total. The van der Waals surface area contributed by atoms with E-state index in [2.05, 4.69) is 88.0 Å². The van der Waals surface area contributed by atoms with Crippen LogP contribution in [0.2, 0.25) is 0 Å². The highest BCUT2D eigenvalue weighted by Gasteiger charge is 2.07. The van der Waals surface area contributed by atoms with E-state index >= 15 is 0 Å². The van der Waals surface area contributed by atoms with Crippen molar-refractivity contribution in [2.24, 2.45) is 0 Å². The van der Waals surface area contributed by atoms with Gasteiger partial charge in [-0.3, -0.25) is 0 Å². The molecule has 28 heavy (non-hydrogen) atoms. The van der Waals surface area contributed by atoms with E-state index in [1.54, 1.807) is 18.4 Å². The molecule has 140 valence electrons. The second-order valence-corrected chi connectivity index (χ2v) is 9.37. The molecule has 3 aromatic carbocycles. The maximum Gasteiger partial charge on any atom is 0.122 e. The van der Waals surface area contributed by atoms with Crippen molar-refractivity contribution in [2.75, 3.05) is 7.11 Å². The van der Waals surface area contributed by atoms with Gasteiger partial charge in [0.15, 0.2) is 0 Å². The summed E-state index contributed by atoms with van der Waals surface area (Å²) in [5.74, 6) is 0.945. The van der Waals surface area contributed by atoms with Gasteiger partial charge in [0.2, 0.25) is 0 Å². The summed E-state index contributed by atoms with van der Waals surface area (Å²) in [6, 6.07) is 27.4. The molecule has 0 saturated carbocycles. The Hall–Kier alpha value is -2.14. The van der Waals surface area contributed by atoms with E-state index in [1.807, 2.05) is 23.5 Å². The number of hydrogen-bond donors (Lipinski definition) is 0. The van der Waals surface area contributed by atoms with Gasteiger partial charge < -0.3 is 4.74 Å². The van der Waals surface area contributed by atoms with Gasteiger partial charge >= 0.3 is 0 Å². The number of fused-ring (bicyclic) bond motifs is 2. The standard InChI is InChI=1S/C16H13BrOS.C8H6S/c1-18-15-7-6-13(17)8-12(15)10-14-9-11-4-2-3-5-16(11)19-14;1-2-4-8-7(3-1)5-6-9-8/h2-9H,10H2,1H3;1-6H. The number of ether oxygens (including phenoxy) is 1. The molecule has 0 amide bonds. The maximum atomic E-state index is 5.43. The maximum absolute atomic E-state index is 5.43. The molecule has 0 aliphatic rings. The van der Waals surface area contributed by atoms with Crippen molar-refractivity contribution in [1.29, 1.82) is 0 Å². The van der Waals surface area contributed by atoms with Crippen LogP contribution >= 0.6 is 38.6 Å². The fraction of sp³-hybridized carbons (Fsp3) is 0.0833. The zero-order chi connectivity index (χ0) is 19.3. The molecule has 2 aromatic heterocycles. The molecule has 0 spiro atoms. The predicted octanol–water partition coefficient (Wildman–Crippen LogP) is 8.16. The third kappa shape index (κ3) is 4.46. The molecule has 5 rings (SSSR count). The monoisotopic (exact) mass is 466 g/mol. The predicted molar refractivity (Wildman–Crippen MR) is 127 cm³/mol. The number of methoxy groups -OCH3 is 1. The van der Waals surface area contributed by atoms with Crippen LogP contribution in [0.15, 0.2) is 88.7 Å². The topological polar surface area (TPSA) is 9.23 Å². The van der Waals surface area contributed by atoms with Crippen LogP contribution < -0.4 is 4.74 Å². The molecule has 0 fully saturated rings. The summed E-state index contributed by atoms with van der Waals surface area (Å²) in [7, 11) is 1.72. The van der Waals surface area contributed by atoms with Gasteiger partial charge in [-0.2, -0.15) is 0 Å². The molecular formula is C24H19BrOS2. The smallest absolute Gasteiger partial charge is 0.122 e. The molecule has 0 bridgehead atoms. The zero-order valence-corrected chi connectivity index (χ0v) is 18.6. The molecule has 4 heteroatoms. The Morgan fingerprint density at radius 2 is 1.57 bits per heavy atom. The summed E-state index contributed by atoms with van der Waals surface area (Å²) in [4.78, 5) is 1.36. The Morgan fingerprint density at radius 3 is 2.32 bits per heavy atom. The van der Waals surface area contributed by atoms with Gasteiger partial charge in [-0.25, -0.2) is 0 Å². The first-order valence-electron chi connectivity index (χ1n) is 8.95. The minimum absolute atomic E-state index is 0.905. The van der Waals surface area contributed by atoms with Gasteiger partial charge in [0.25, 0.3) is 0 Å². The first-order valence-corrected chi connectivity index (χ1v) is 11.4. The molecule has 5 aromatic rings. The minimum Gasteiger partial charge on any atom is -0.496 e. The fourth-order valence-electron chi connectivity index (χ4n) is 3.10. The second-order valence-electron chi connectivity index (χ2n) is 6.34. The molecule has 0 unspecified atom stereocenters. The SMILES string of the molecule is COc1ccc(Br)cc1Cc1cc2ccccc2s1.c1ccc2sccc2c1. The Labute approximate surface area is 181 Å². The highest BCUT2D eigenvalue weighted by Crippen LogP contribution is 2.31. The van der Waals surface area contributed by atoms with Crippen LogP contribution in [0, 0.1) is 0 Å². The lowest BCUT2D eigenvalue weighted by Gasteiger charge is -2.07. The van der Waals surface area contributed by atoms with Gasteiger partial charge in [0, 0.05) is 30.7 Å². The lowest BCUT2D eigenvalue weighted by Crippen LogP contribution is -1.92. The molecule has 1 nitrogen and oxygen atoms in total. The molecule has 0 aliphatic carbocycles. The lowest BCUT2D eigenvalue weighted by molar-refractivity contribution is 0.410. The summed E-state index contributed by atoms with van der Waals surface area (Å²) in [5, 5.41) is 4.78. The largest absolute Gasteiger partial charge is 0.496 e. The number of hydrogen-bond acceptors (Lipinski definition) is 3. The highest BCUT2D eigenvalue weighted by molar-refractivity contribution is 9.10. The summed E-state index contributed by atoms with van der Waals surface area (Å²) in [5.41, 5.74) is 1.21. The fourth-order valence-corrected chi connectivity index (χ4v) is 5.39. The summed E-state index contributed by atoms with van der Waals surface area (Å²) < 4.78 is 9.23. The highest BCUT2D eigenvalue weighted by atomic mass is 79.9. The number of halogens is 1. The second kappa shape index (κ2) is 8.91. The van der Waals surface area contributed by atoms with E-state index in [-0.39, 0.29) is 0 Å². The Morgan fingerprint density at radius 1 is 0.821 bits per heavy atom. The first-order chi connectivity index (χ1) is 13.7. The third-order valence-electron chi connectivity index (χ3n) is 4.45. The van der Waals surface area contributed by atoms with E-state index in [1.165, 1.54) is 30.6 Å². The number of thiophene rings is 2. The molecule has 0 saturated heterocycles. The molecule has 2 heterocycles. The van der Waals surface area contributed by atoms with E-state index in [0.29, 0.717) is 0 Å². The van der Waals surface area contributed by atoms with Crippen molar-refractivity contribution in [3.8, 4) is 5.75 Å².